The Labute approximate surface area is 123 Å². The summed E-state index contributed by atoms with van der Waals surface area (Å²) in [5.74, 6) is 0.290. The van der Waals surface area contributed by atoms with Crippen LogP contribution in [0.25, 0.3) is 10.9 Å². The minimum absolute atomic E-state index is 0.290. The second kappa shape index (κ2) is 5.70. The van der Waals surface area contributed by atoms with Crippen molar-refractivity contribution < 1.29 is 0 Å². The van der Waals surface area contributed by atoms with Crippen LogP contribution in [0.3, 0.4) is 0 Å². The fourth-order valence-corrected chi connectivity index (χ4v) is 3.02. The lowest BCUT2D eigenvalue weighted by Gasteiger charge is -2.18. The Balaban J connectivity index is 2.09. The van der Waals surface area contributed by atoms with E-state index in [-0.39, 0.29) is 5.92 Å². The monoisotopic (exact) mass is 284 g/mol. The summed E-state index contributed by atoms with van der Waals surface area (Å²) >= 11 is 6.37. The van der Waals surface area contributed by atoms with Gasteiger partial charge in [0.2, 0.25) is 0 Å². The molecular formula is C17H17ClN2. The van der Waals surface area contributed by atoms with Crippen molar-refractivity contribution in [1.82, 2.24) is 4.98 Å². The van der Waals surface area contributed by atoms with Crippen LogP contribution in [0.2, 0.25) is 5.02 Å². The van der Waals surface area contributed by atoms with Gasteiger partial charge in [-0.2, -0.15) is 0 Å². The second-order valence-corrected chi connectivity index (χ2v) is 5.39. The van der Waals surface area contributed by atoms with Gasteiger partial charge < -0.3 is 10.7 Å². The van der Waals surface area contributed by atoms with Gasteiger partial charge in [-0.25, -0.2) is 0 Å². The molecule has 0 radical (unpaired) electrons. The zero-order chi connectivity index (χ0) is 13.9. The second-order valence-electron chi connectivity index (χ2n) is 4.99. The van der Waals surface area contributed by atoms with E-state index in [1.54, 1.807) is 0 Å². The number of aromatic amines is 1. The van der Waals surface area contributed by atoms with E-state index in [9.17, 15) is 0 Å². The number of aromatic nitrogens is 1. The first-order chi connectivity index (χ1) is 9.79. The molecule has 1 atom stereocenters. The highest BCUT2D eigenvalue weighted by atomic mass is 35.5. The third-order valence-electron chi connectivity index (χ3n) is 3.69. The number of rotatable bonds is 4. The van der Waals surface area contributed by atoms with Crippen molar-refractivity contribution in [3.8, 4) is 0 Å². The quantitative estimate of drug-likeness (QED) is 0.737. The van der Waals surface area contributed by atoms with E-state index in [4.69, 9.17) is 17.3 Å². The van der Waals surface area contributed by atoms with Crippen LogP contribution < -0.4 is 5.73 Å². The van der Waals surface area contributed by atoms with Gasteiger partial charge in [0.15, 0.2) is 0 Å². The summed E-state index contributed by atoms with van der Waals surface area (Å²) in [5.41, 5.74) is 9.29. The van der Waals surface area contributed by atoms with E-state index in [0.717, 1.165) is 22.3 Å². The standard InChI is InChI=1S/C17H17ClN2/c18-16-11-14(10-13-7-9-20-17(13)16)15(6-8-19)12-4-2-1-3-5-12/h1-5,7,9-11,15,20H,6,8,19H2. The summed E-state index contributed by atoms with van der Waals surface area (Å²) in [4.78, 5) is 3.17. The van der Waals surface area contributed by atoms with Gasteiger partial charge in [0.05, 0.1) is 10.5 Å². The van der Waals surface area contributed by atoms with Crippen molar-refractivity contribution in [2.45, 2.75) is 12.3 Å². The van der Waals surface area contributed by atoms with Crippen LogP contribution in [0.1, 0.15) is 23.5 Å². The van der Waals surface area contributed by atoms with E-state index >= 15 is 0 Å². The fraction of sp³-hybridized carbons (Fsp3) is 0.176. The van der Waals surface area contributed by atoms with Crippen molar-refractivity contribution in [1.29, 1.82) is 0 Å². The molecule has 1 unspecified atom stereocenters. The SMILES string of the molecule is NCCC(c1ccccc1)c1cc(Cl)c2[nH]ccc2c1. The van der Waals surface area contributed by atoms with Crippen LogP contribution in [-0.4, -0.2) is 11.5 Å². The molecule has 3 aromatic rings. The lowest BCUT2D eigenvalue weighted by atomic mass is 9.88. The van der Waals surface area contributed by atoms with Crippen molar-refractivity contribution in [2.75, 3.05) is 6.54 Å². The molecule has 2 aromatic carbocycles. The normalized spacial score (nSPS) is 12.7. The zero-order valence-corrected chi connectivity index (χ0v) is 11.9. The van der Waals surface area contributed by atoms with Gasteiger partial charge >= 0.3 is 0 Å². The van der Waals surface area contributed by atoms with Crippen molar-refractivity contribution in [3.05, 3.63) is 70.9 Å². The zero-order valence-electron chi connectivity index (χ0n) is 11.1. The molecule has 0 spiro atoms. The predicted molar refractivity (Wildman–Crippen MR) is 85.3 cm³/mol. The molecule has 20 heavy (non-hydrogen) atoms. The Morgan fingerprint density at radius 2 is 1.85 bits per heavy atom. The van der Waals surface area contributed by atoms with Crippen molar-refractivity contribution >= 4 is 22.5 Å². The molecule has 0 fully saturated rings. The van der Waals surface area contributed by atoms with Gasteiger partial charge in [0.1, 0.15) is 0 Å². The van der Waals surface area contributed by atoms with Gasteiger partial charge in [-0.05, 0) is 42.3 Å². The van der Waals surface area contributed by atoms with Crippen LogP contribution in [0, 0.1) is 0 Å². The third kappa shape index (κ3) is 2.45. The van der Waals surface area contributed by atoms with Crippen LogP contribution in [0.5, 0.6) is 0 Å². The fourth-order valence-electron chi connectivity index (χ4n) is 2.73. The molecule has 0 aliphatic heterocycles. The minimum atomic E-state index is 0.290. The number of nitrogens with one attached hydrogen (secondary N) is 1. The first-order valence-corrected chi connectivity index (χ1v) is 7.19. The molecule has 0 saturated heterocycles. The molecule has 1 aromatic heterocycles. The molecule has 1 heterocycles. The van der Waals surface area contributed by atoms with Gasteiger partial charge in [-0.15, -0.1) is 0 Å². The molecular weight excluding hydrogens is 268 g/mol. The van der Waals surface area contributed by atoms with Gasteiger partial charge in [-0.3, -0.25) is 0 Å². The highest BCUT2D eigenvalue weighted by Crippen LogP contribution is 2.33. The average Bonchev–Trinajstić information content (AvgIpc) is 2.94. The van der Waals surface area contributed by atoms with Gasteiger partial charge in [-0.1, -0.05) is 41.9 Å². The number of H-pyrrole nitrogens is 1. The van der Waals surface area contributed by atoms with Crippen molar-refractivity contribution in [3.63, 3.8) is 0 Å². The van der Waals surface area contributed by atoms with E-state index < -0.39 is 0 Å². The summed E-state index contributed by atoms with van der Waals surface area (Å²) in [6.07, 6.45) is 2.83. The van der Waals surface area contributed by atoms with E-state index in [0.29, 0.717) is 6.54 Å². The molecule has 0 aliphatic carbocycles. The van der Waals surface area contributed by atoms with Crippen LogP contribution in [0.4, 0.5) is 0 Å². The number of hydrogen-bond donors (Lipinski definition) is 2. The van der Waals surface area contributed by atoms with Crippen molar-refractivity contribution in [2.24, 2.45) is 5.73 Å². The highest BCUT2D eigenvalue weighted by molar-refractivity contribution is 6.35. The molecule has 102 valence electrons. The first-order valence-electron chi connectivity index (χ1n) is 6.81. The number of hydrogen-bond acceptors (Lipinski definition) is 1. The largest absolute Gasteiger partial charge is 0.360 e. The predicted octanol–water partition coefficient (Wildman–Crippen LogP) is 4.30. The third-order valence-corrected chi connectivity index (χ3v) is 3.99. The lowest BCUT2D eigenvalue weighted by molar-refractivity contribution is 0.727. The Bertz CT molecular complexity index is 703. The Morgan fingerprint density at radius 1 is 1.05 bits per heavy atom. The summed E-state index contributed by atoms with van der Waals surface area (Å²) in [6.45, 7) is 0.655. The number of fused-ring (bicyclic) bond motifs is 1. The smallest absolute Gasteiger partial charge is 0.0649 e. The molecule has 3 rings (SSSR count). The molecule has 0 bridgehead atoms. The topological polar surface area (TPSA) is 41.8 Å². The van der Waals surface area contributed by atoms with Gasteiger partial charge in [0.25, 0.3) is 0 Å². The Kier molecular flexibility index (Phi) is 3.77. The van der Waals surface area contributed by atoms with E-state index in [1.807, 2.05) is 18.3 Å². The number of nitrogens with two attached hydrogens (primary N) is 1. The Morgan fingerprint density at radius 3 is 2.60 bits per heavy atom. The molecule has 0 saturated carbocycles. The summed E-state index contributed by atoms with van der Waals surface area (Å²) in [7, 11) is 0. The van der Waals surface area contributed by atoms with Crippen LogP contribution >= 0.6 is 11.6 Å². The lowest BCUT2D eigenvalue weighted by Crippen LogP contribution is -2.08. The van der Waals surface area contributed by atoms with E-state index in [1.165, 1.54) is 11.1 Å². The maximum absolute atomic E-state index is 6.37. The summed E-state index contributed by atoms with van der Waals surface area (Å²) < 4.78 is 0. The average molecular weight is 285 g/mol. The summed E-state index contributed by atoms with van der Waals surface area (Å²) in [5, 5.41) is 1.91. The highest BCUT2D eigenvalue weighted by Gasteiger charge is 2.15. The maximum atomic E-state index is 6.37. The van der Waals surface area contributed by atoms with Crippen LogP contribution in [-0.2, 0) is 0 Å². The van der Waals surface area contributed by atoms with Gasteiger partial charge in [0, 0.05) is 17.5 Å². The first kappa shape index (κ1) is 13.2. The Hall–Kier alpha value is -1.77. The number of halogens is 1. The minimum Gasteiger partial charge on any atom is -0.360 e. The summed E-state index contributed by atoms with van der Waals surface area (Å²) in [6, 6.07) is 16.8. The number of benzene rings is 2. The van der Waals surface area contributed by atoms with Crippen LogP contribution in [0.15, 0.2) is 54.7 Å². The molecule has 3 heteroatoms. The van der Waals surface area contributed by atoms with E-state index in [2.05, 4.69) is 41.4 Å². The maximum Gasteiger partial charge on any atom is 0.0649 e. The molecule has 0 aliphatic rings. The molecule has 3 N–H and O–H groups in total. The molecule has 2 nitrogen and oxygen atoms in total. The molecule has 0 amide bonds.